The van der Waals surface area contributed by atoms with Gasteiger partial charge in [0.05, 0.1) is 29.7 Å². The number of carbonyl (C=O) groups is 2. The fourth-order valence-corrected chi connectivity index (χ4v) is 4.40. The average Bonchev–Trinajstić information content (AvgIpc) is 3.46. The van der Waals surface area contributed by atoms with Gasteiger partial charge in [-0.25, -0.2) is 0 Å². The molecule has 0 unspecified atom stereocenters. The molecule has 2 amide bonds. The lowest BCUT2D eigenvalue weighted by atomic mass is 9.85. The SMILES string of the molecule is N#Cc1ccc(-c2ccc(C=NN3C(=O)[C@@H]4[C@H](C3=O)[C@H]3C=C[C@H]4C3)o2)cc1. The van der Waals surface area contributed by atoms with Crippen LogP contribution in [0.3, 0.4) is 0 Å². The van der Waals surface area contributed by atoms with Crippen LogP contribution in [-0.2, 0) is 9.59 Å². The van der Waals surface area contributed by atoms with Crippen molar-refractivity contribution in [1.29, 1.82) is 5.26 Å². The van der Waals surface area contributed by atoms with Gasteiger partial charge in [-0.15, -0.1) is 0 Å². The molecule has 1 aromatic carbocycles. The first-order valence-electron chi connectivity index (χ1n) is 8.86. The number of nitriles is 1. The normalized spacial score (nSPS) is 28.3. The van der Waals surface area contributed by atoms with E-state index in [1.165, 1.54) is 6.21 Å². The van der Waals surface area contributed by atoms with Crippen LogP contribution in [0.4, 0.5) is 0 Å². The minimum absolute atomic E-state index is 0.170. The zero-order chi connectivity index (χ0) is 18.5. The summed E-state index contributed by atoms with van der Waals surface area (Å²) in [6.07, 6.45) is 6.41. The number of amides is 2. The van der Waals surface area contributed by atoms with Crippen LogP contribution in [0.2, 0.25) is 0 Å². The van der Waals surface area contributed by atoms with Gasteiger partial charge in [-0.05, 0) is 54.7 Å². The van der Waals surface area contributed by atoms with Gasteiger partial charge in [-0.1, -0.05) is 12.2 Å². The Labute approximate surface area is 155 Å². The second-order valence-electron chi connectivity index (χ2n) is 7.12. The molecule has 3 aliphatic rings. The predicted molar refractivity (Wildman–Crippen MR) is 96.0 cm³/mol. The molecule has 4 atom stereocenters. The second kappa shape index (κ2) is 5.78. The van der Waals surface area contributed by atoms with Gasteiger partial charge in [0.15, 0.2) is 0 Å². The summed E-state index contributed by atoms with van der Waals surface area (Å²) >= 11 is 0. The number of hydrogen-bond donors (Lipinski definition) is 0. The molecule has 1 aromatic heterocycles. The molecule has 2 aromatic rings. The summed E-state index contributed by atoms with van der Waals surface area (Å²) in [4.78, 5) is 25.2. The fourth-order valence-electron chi connectivity index (χ4n) is 4.40. The quantitative estimate of drug-likeness (QED) is 0.480. The van der Waals surface area contributed by atoms with E-state index in [9.17, 15) is 9.59 Å². The van der Waals surface area contributed by atoms with E-state index in [1.807, 2.05) is 0 Å². The number of allylic oxidation sites excluding steroid dienone is 2. The van der Waals surface area contributed by atoms with Crippen molar-refractivity contribution in [1.82, 2.24) is 5.01 Å². The molecule has 6 heteroatoms. The lowest BCUT2D eigenvalue weighted by Crippen LogP contribution is -2.28. The predicted octanol–water partition coefficient (Wildman–Crippen LogP) is 2.96. The zero-order valence-corrected chi connectivity index (χ0v) is 14.3. The first-order valence-corrected chi connectivity index (χ1v) is 8.86. The first kappa shape index (κ1) is 15.8. The summed E-state index contributed by atoms with van der Waals surface area (Å²) in [6.45, 7) is 0. The van der Waals surface area contributed by atoms with Gasteiger partial charge in [0.2, 0.25) is 0 Å². The van der Waals surface area contributed by atoms with Crippen LogP contribution in [0.15, 0.2) is 58.1 Å². The summed E-state index contributed by atoms with van der Waals surface area (Å²) < 4.78 is 5.73. The maximum absolute atomic E-state index is 12.6. The minimum atomic E-state index is -0.254. The molecule has 132 valence electrons. The number of hydrazone groups is 1. The van der Waals surface area contributed by atoms with Crippen molar-refractivity contribution >= 4 is 18.0 Å². The maximum Gasteiger partial charge on any atom is 0.254 e. The molecule has 5 rings (SSSR count). The Bertz CT molecular complexity index is 1010. The Balaban J connectivity index is 1.35. The summed E-state index contributed by atoms with van der Waals surface area (Å²) in [5, 5.41) is 14.0. The summed E-state index contributed by atoms with van der Waals surface area (Å²) in [5.41, 5.74) is 1.41. The highest BCUT2D eigenvalue weighted by Crippen LogP contribution is 2.52. The molecule has 6 nitrogen and oxygen atoms in total. The Hall–Kier alpha value is -3.46. The van der Waals surface area contributed by atoms with Gasteiger partial charge in [-0.2, -0.15) is 15.4 Å². The van der Waals surface area contributed by atoms with E-state index in [0.29, 0.717) is 17.1 Å². The molecular formula is C21H15N3O3. The fraction of sp³-hybridized carbons (Fsp3) is 0.238. The third-order valence-electron chi connectivity index (χ3n) is 5.67. The van der Waals surface area contributed by atoms with Crippen molar-refractivity contribution in [3.05, 3.63) is 59.9 Å². The summed E-state index contributed by atoms with van der Waals surface area (Å²) in [6, 6.07) is 12.6. The average molecular weight is 357 g/mol. The highest BCUT2D eigenvalue weighted by atomic mass is 16.3. The van der Waals surface area contributed by atoms with E-state index < -0.39 is 0 Å². The highest BCUT2D eigenvalue weighted by Gasteiger charge is 2.59. The van der Waals surface area contributed by atoms with Gasteiger partial charge in [-0.3, -0.25) is 9.59 Å². The van der Waals surface area contributed by atoms with Crippen molar-refractivity contribution in [3.63, 3.8) is 0 Å². The Morgan fingerprint density at radius 2 is 1.70 bits per heavy atom. The van der Waals surface area contributed by atoms with Crippen LogP contribution in [-0.4, -0.2) is 23.0 Å². The van der Waals surface area contributed by atoms with Crippen molar-refractivity contribution in [2.24, 2.45) is 28.8 Å². The molecule has 2 bridgehead atoms. The molecule has 0 spiro atoms. The lowest BCUT2D eigenvalue weighted by Gasteiger charge is -2.13. The van der Waals surface area contributed by atoms with Gasteiger partial charge in [0, 0.05) is 5.56 Å². The van der Waals surface area contributed by atoms with E-state index in [-0.39, 0.29) is 35.5 Å². The number of rotatable bonds is 3. The molecule has 2 fully saturated rings. The van der Waals surface area contributed by atoms with Gasteiger partial charge in [0.1, 0.15) is 11.5 Å². The van der Waals surface area contributed by atoms with Crippen LogP contribution >= 0.6 is 0 Å². The van der Waals surface area contributed by atoms with Crippen molar-refractivity contribution in [2.45, 2.75) is 6.42 Å². The molecule has 27 heavy (non-hydrogen) atoms. The van der Waals surface area contributed by atoms with Crippen LogP contribution in [0.1, 0.15) is 17.7 Å². The van der Waals surface area contributed by atoms with Crippen molar-refractivity contribution in [3.8, 4) is 17.4 Å². The summed E-state index contributed by atoms with van der Waals surface area (Å²) in [7, 11) is 0. The molecule has 2 heterocycles. The van der Waals surface area contributed by atoms with E-state index in [2.05, 4.69) is 23.3 Å². The number of benzene rings is 1. The smallest absolute Gasteiger partial charge is 0.254 e. The van der Waals surface area contributed by atoms with Gasteiger partial charge < -0.3 is 4.42 Å². The van der Waals surface area contributed by atoms with E-state index in [0.717, 1.165) is 17.0 Å². The third kappa shape index (κ3) is 2.36. The molecule has 2 aliphatic carbocycles. The van der Waals surface area contributed by atoms with Crippen LogP contribution in [0.25, 0.3) is 11.3 Å². The Kier molecular flexibility index (Phi) is 3.37. The highest BCUT2D eigenvalue weighted by molar-refractivity contribution is 6.06. The van der Waals surface area contributed by atoms with Crippen molar-refractivity contribution in [2.75, 3.05) is 0 Å². The largest absolute Gasteiger partial charge is 0.455 e. The molecule has 1 saturated heterocycles. The Morgan fingerprint density at radius 3 is 2.33 bits per heavy atom. The number of furan rings is 1. The van der Waals surface area contributed by atoms with E-state index in [1.54, 1.807) is 36.4 Å². The number of hydrogen-bond acceptors (Lipinski definition) is 5. The number of carbonyl (C=O) groups excluding carboxylic acids is 2. The number of nitrogens with zero attached hydrogens (tertiary/aromatic N) is 3. The van der Waals surface area contributed by atoms with Gasteiger partial charge in [0.25, 0.3) is 11.8 Å². The number of fused-ring (bicyclic) bond motifs is 5. The monoisotopic (exact) mass is 357 g/mol. The topological polar surface area (TPSA) is 86.7 Å². The molecule has 0 N–H and O–H groups in total. The van der Waals surface area contributed by atoms with Crippen molar-refractivity contribution < 1.29 is 14.0 Å². The first-order chi connectivity index (χ1) is 13.2. The van der Waals surface area contributed by atoms with Crippen LogP contribution in [0.5, 0.6) is 0 Å². The zero-order valence-electron chi connectivity index (χ0n) is 14.3. The molecule has 1 aliphatic heterocycles. The second-order valence-corrected chi connectivity index (χ2v) is 7.12. The standard InChI is InChI=1S/C21H15N3O3/c22-10-12-1-3-13(4-2-12)17-8-7-16(27-17)11-23-24-20(25)18-14-5-6-15(9-14)19(18)21(24)26/h1-8,11,14-15,18-19H,9H2/t14-,15-,18-,19+/m0/s1. The lowest BCUT2D eigenvalue weighted by molar-refractivity contribution is -0.140. The summed E-state index contributed by atoms with van der Waals surface area (Å²) in [5.74, 6) is 0.485. The molecule has 1 saturated carbocycles. The number of imide groups is 1. The molecular weight excluding hydrogens is 342 g/mol. The third-order valence-corrected chi connectivity index (χ3v) is 5.67. The van der Waals surface area contributed by atoms with Gasteiger partial charge >= 0.3 is 0 Å². The van der Waals surface area contributed by atoms with E-state index >= 15 is 0 Å². The van der Waals surface area contributed by atoms with Crippen LogP contribution in [0, 0.1) is 35.0 Å². The Morgan fingerprint density at radius 1 is 1.04 bits per heavy atom. The van der Waals surface area contributed by atoms with Crippen LogP contribution < -0.4 is 0 Å². The van der Waals surface area contributed by atoms with E-state index in [4.69, 9.17) is 9.68 Å². The minimum Gasteiger partial charge on any atom is -0.455 e. The maximum atomic E-state index is 12.6. The molecule has 0 radical (unpaired) electrons.